The predicted molar refractivity (Wildman–Crippen MR) is 143 cm³/mol. The number of hydrogen-bond donors (Lipinski definition) is 6. The number of carbonyl (C=O) groups excluding carboxylic acids is 1. The lowest BCUT2D eigenvalue weighted by atomic mass is 9.93. The van der Waals surface area contributed by atoms with Crippen LogP contribution in [0, 0.1) is 0 Å². The third-order valence-electron chi connectivity index (χ3n) is 5.63. The standard InChI is InChI=1S/C25H40N8O4/c1-17(2)28-23-31-24(29-19-6-8-21(34)9-7-19)33-25(32-23)30-20-5-3-4-18(16-20)22(35)27-11-13-37-15-14-36-12-10-26/h3-5,16-17,19,21,34H,6-15,26H2,1-2H3,(H,27,35)(H3,28,29,30,31,32,33). The normalized spacial score (nSPS) is 17.4. The number of nitrogens with one attached hydrogen (secondary N) is 4. The quantitative estimate of drug-likeness (QED) is 0.191. The predicted octanol–water partition coefficient (Wildman–Crippen LogP) is 1.87. The summed E-state index contributed by atoms with van der Waals surface area (Å²) in [6.45, 7) is 6.72. The van der Waals surface area contributed by atoms with Gasteiger partial charge in [-0.2, -0.15) is 15.0 Å². The lowest BCUT2D eigenvalue weighted by Gasteiger charge is -2.26. The van der Waals surface area contributed by atoms with Crippen molar-refractivity contribution in [2.75, 3.05) is 55.5 Å². The first-order chi connectivity index (χ1) is 17.9. The van der Waals surface area contributed by atoms with Gasteiger partial charge in [0.05, 0.1) is 32.5 Å². The second-order valence-corrected chi connectivity index (χ2v) is 9.23. The molecule has 12 nitrogen and oxygen atoms in total. The first-order valence-electron chi connectivity index (χ1n) is 12.9. The summed E-state index contributed by atoms with van der Waals surface area (Å²) in [6, 6.07) is 7.46. The van der Waals surface area contributed by atoms with Gasteiger partial charge < -0.3 is 41.6 Å². The van der Waals surface area contributed by atoms with Crippen molar-refractivity contribution in [1.29, 1.82) is 0 Å². The maximum atomic E-state index is 12.6. The molecule has 3 rings (SSSR count). The van der Waals surface area contributed by atoms with Crippen LogP contribution in [-0.2, 0) is 9.47 Å². The summed E-state index contributed by atoms with van der Waals surface area (Å²) in [5, 5.41) is 22.4. The number of aliphatic hydroxyl groups is 1. The van der Waals surface area contributed by atoms with Crippen LogP contribution in [0.2, 0.25) is 0 Å². The number of carbonyl (C=O) groups is 1. The van der Waals surface area contributed by atoms with Gasteiger partial charge in [0, 0.05) is 36.4 Å². The lowest BCUT2D eigenvalue weighted by molar-refractivity contribution is 0.0511. The molecular weight excluding hydrogens is 476 g/mol. The van der Waals surface area contributed by atoms with Crippen molar-refractivity contribution >= 4 is 29.4 Å². The van der Waals surface area contributed by atoms with E-state index in [0.717, 1.165) is 25.7 Å². The fraction of sp³-hybridized carbons (Fsp3) is 0.600. The summed E-state index contributed by atoms with van der Waals surface area (Å²) < 4.78 is 10.7. The van der Waals surface area contributed by atoms with E-state index in [9.17, 15) is 9.90 Å². The van der Waals surface area contributed by atoms with E-state index in [4.69, 9.17) is 15.2 Å². The van der Waals surface area contributed by atoms with Gasteiger partial charge in [-0.25, -0.2) is 0 Å². The topological polar surface area (TPSA) is 169 Å². The summed E-state index contributed by atoms with van der Waals surface area (Å²) in [4.78, 5) is 26.1. The summed E-state index contributed by atoms with van der Waals surface area (Å²) in [6.07, 6.45) is 2.99. The number of nitrogens with two attached hydrogens (primary N) is 1. The molecule has 0 unspecified atom stereocenters. The van der Waals surface area contributed by atoms with Crippen molar-refractivity contribution < 1.29 is 19.4 Å². The molecule has 1 saturated carbocycles. The van der Waals surface area contributed by atoms with Crippen LogP contribution in [0.25, 0.3) is 0 Å². The number of hydrogen-bond acceptors (Lipinski definition) is 11. The Morgan fingerprint density at radius 1 is 1.03 bits per heavy atom. The van der Waals surface area contributed by atoms with Gasteiger partial charge in [0.25, 0.3) is 5.91 Å². The highest BCUT2D eigenvalue weighted by molar-refractivity contribution is 5.95. The van der Waals surface area contributed by atoms with E-state index in [1.165, 1.54) is 0 Å². The molecule has 0 saturated heterocycles. The van der Waals surface area contributed by atoms with Gasteiger partial charge in [0.2, 0.25) is 17.8 Å². The average Bonchev–Trinajstić information content (AvgIpc) is 2.86. The largest absolute Gasteiger partial charge is 0.393 e. The molecule has 0 bridgehead atoms. The molecule has 1 aliphatic carbocycles. The van der Waals surface area contributed by atoms with Crippen molar-refractivity contribution in [3.63, 3.8) is 0 Å². The number of benzene rings is 1. The van der Waals surface area contributed by atoms with Crippen LogP contribution in [0.5, 0.6) is 0 Å². The highest BCUT2D eigenvalue weighted by atomic mass is 16.5. The molecule has 1 amide bonds. The molecule has 37 heavy (non-hydrogen) atoms. The zero-order valence-electron chi connectivity index (χ0n) is 21.7. The summed E-state index contributed by atoms with van der Waals surface area (Å²) in [5.41, 5.74) is 6.54. The maximum absolute atomic E-state index is 12.6. The average molecular weight is 517 g/mol. The van der Waals surface area contributed by atoms with Crippen molar-refractivity contribution in [2.45, 2.75) is 57.7 Å². The molecule has 1 fully saturated rings. The van der Waals surface area contributed by atoms with Gasteiger partial charge >= 0.3 is 0 Å². The smallest absolute Gasteiger partial charge is 0.251 e. The molecule has 1 heterocycles. The van der Waals surface area contributed by atoms with Crippen LogP contribution < -0.4 is 27.0 Å². The Morgan fingerprint density at radius 2 is 1.73 bits per heavy atom. The number of nitrogens with zero attached hydrogens (tertiary/aromatic N) is 3. The molecule has 2 aromatic rings. The van der Waals surface area contributed by atoms with Gasteiger partial charge in [-0.1, -0.05) is 6.07 Å². The highest BCUT2D eigenvalue weighted by Crippen LogP contribution is 2.23. The number of rotatable bonds is 15. The van der Waals surface area contributed by atoms with Crippen molar-refractivity contribution in [3.05, 3.63) is 29.8 Å². The zero-order chi connectivity index (χ0) is 26.5. The Hall–Kier alpha value is -3.06. The number of ether oxygens (including phenoxy) is 2. The van der Waals surface area contributed by atoms with E-state index in [0.29, 0.717) is 68.6 Å². The summed E-state index contributed by atoms with van der Waals surface area (Å²) in [7, 11) is 0. The van der Waals surface area contributed by atoms with Crippen LogP contribution in [0.3, 0.4) is 0 Å². The van der Waals surface area contributed by atoms with Crippen molar-refractivity contribution in [3.8, 4) is 0 Å². The van der Waals surface area contributed by atoms with Crippen LogP contribution in [0.15, 0.2) is 24.3 Å². The molecule has 1 aromatic heterocycles. The monoisotopic (exact) mass is 516 g/mol. The van der Waals surface area contributed by atoms with Crippen LogP contribution in [-0.4, -0.2) is 83.7 Å². The van der Waals surface area contributed by atoms with Crippen molar-refractivity contribution in [1.82, 2.24) is 20.3 Å². The van der Waals surface area contributed by atoms with E-state index in [2.05, 4.69) is 36.2 Å². The van der Waals surface area contributed by atoms with E-state index in [-0.39, 0.29) is 24.1 Å². The number of aliphatic hydroxyl groups excluding tert-OH is 1. The Bertz CT molecular complexity index is 969. The maximum Gasteiger partial charge on any atom is 0.251 e. The molecular formula is C25H40N8O4. The molecule has 0 atom stereocenters. The van der Waals surface area contributed by atoms with Gasteiger partial charge in [-0.05, 0) is 57.7 Å². The van der Waals surface area contributed by atoms with Gasteiger partial charge in [-0.15, -0.1) is 0 Å². The third kappa shape index (κ3) is 10.4. The number of aromatic nitrogens is 3. The molecule has 1 aromatic carbocycles. The van der Waals surface area contributed by atoms with E-state index < -0.39 is 0 Å². The Labute approximate surface area is 218 Å². The minimum atomic E-state index is -0.232. The van der Waals surface area contributed by atoms with Crippen LogP contribution >= 0.6 is 0 Å². The molecule has 0 spiro atoms. The molecule has 1 aliphatic rings. The Kier molecular flexibility index (Phi) is 11.8. The zero-order valence-corrected chi connectivity index (χ0v) is 21.7. The van der Waals surface area contributed by atoms with Crippen LogP contribution in [0.4, 0.5) is 23.5 Å². The van der Waals surface area contributed by atoms with Crippen molar-refractivity contribution in [2.24, 2.45) is 5.73 Å². The Morgan fingerprint density at radius 3 is 2.46 bits per heavy atom. The fourth-order valence-electron chi connectivity index (χ4n) is 3.83. The summed E-state index contributed by atoms with van der Waals surface area (Å²) >= 11 is 0. The number of amides is 1. The molecule has 204 valence electrons. The second-order valence-electron chi connectivity index (χ2n) is 9.23. The minimum absolute atomic E-state index is 0.141. The fourth-order valence-corrected chi connectivity index (χ4v) is 3.83. The first kappa shape index (κ1) is 28.5. The Balaban J connectivity index is 1.58. The van der Waals surface area contributed by atoms with E-state index in [1.807, 2.05) is 19.9 Å². The third-order valence-corrected chi connectivity index (χ3v) is 5.63. The van der Waals surface area contributed by atoms with E-state index in [1.54, 1.807) is 18.2 Å². The van der Waals surface area contributed by atoms with Crippen LogP contribution in [0.1, 0.15) is 49.9 Å². The summed E-state index contributed by atoms with van der Waals surface area (Å²) in [5.74, 6) is 1.07. The first-order valence-corrected chi connectivity index (χ1v) is 12.9. The van der Waals surface area contributed by atoms with Gasteiger partial charge in [0.1, 0.15) is 0 Å². The number of anilines is 4. The minimum Gasteiger partial charge on any atom is -0.393 e. The highest BCUT2D eigenvalue weighted by Gasteiger charge is 2.20. The molecule has 0 radical (unpaired) electrons. The molecule has 12 heteroatoms. The van der Waals surface area contributed by atoms with Gasteiger partial charge in [-0.3, -0.25) is 4.79 Å². The molecule has 7 N–H and O–H groups in total. The SMILES string of the molecule is CC(C)Nc1nc(Nc2cccc(C(=O)NCCOCCOCCN)c2)nc(NC2CCC(O)CC2)n1. The lowest BCUT2D eigenvalue weighted by Crippen LogP contribution is -2.29. The second kappa shape index (κ2) is 15.3. The molecule has 0 aliphatic heterocycles. The van der Waals surface area contributed by atoms with Gasteiger partial charge in [0.15, 0.2) is 0 Å². The van der Waals surface area contributed by atoms with E-state index >= 15 is 0 Å².